The molecule has 0 saturated carbocycles. The van der Waals surface area contributed by atoms with Gasteiger partial charge in [-0.05, 0) is 37.8 Å². The van der Waals surface area contributed by atoms with E-state index in [1.165, 1.54) is 18.2 Å². The summed E-state index contributed by atoms with van der Waals surface area (Å²) >= 11 is 0. The van der Waals surface area contributed by atoms with Crippen molar-refractivity contribution < 1.29 is 26.3 Å². The highest BCUT2D eigenvalue weighted by atomic mass is 32.2. The van der Waals surface area contributed by atoms with E-state index in [0.717, 1.165) is 45.3 Å². The molecule has 3 aliphatic heterocycles. The van der Waals surface area contributed by atoms with Crippen molar-refractivity contribution >= 4 is 10.0 Å². The largest absolute Gasteiger partial charge is 0.433 e. The highest BCUT2D eigenvalue weighted by Gasteiger charge is 2.55. The van der Waals surface area contributed by atoms with Crippen LogP contribution in [0.5, 0.6) is 0 Å². The van der Waals surface area contributed by atoms with Crippen LogP contribution in [0.4, 0.5) is 13.2 Å². The molecule has 1 spiro atoms. The number of aromatic nitrogens is 1. The van der Waals surface area contributed by atoms with Gasteiger partial charge >= 0.3 is 6.18 Å². The van der Waals surface area contributed by atoms with Gasteiger partial charge in [0.1, 0.15) is 10.6 Å². The molecule has 0 aliphatic carbocycles. The van der Waals surface area contributed by atoms with Gasteiger partial charge in [0, 0.05) is 44.7 Å². The van der Waals surface area contributed by atoms with Crippen molar-refractivity contribution in [1.29, 1.82) is 0 Å². The number of hydrogen-bond donors (Lipinski definition) is 0. The maximum atomic E-state index is 13.0. The van der Waals surface area contributed by atoms with Gasteiger partial charge < -0.3 is 9.64 Å². The summed E-state index contributed by atoms with van der Waals surface area (Å²) in [5.74, 6) is 0.556. The first-order valence-corrected chi connectivity index (χ1v) is 10.8. The van der Waals surface area contributed by atoms with E-state index in [4.69, 9.17) is 4.74 Å². The summed E-state index contributed by atoms with van der Waals surface area (Å²) < 4.78 is 71.5. The molecule has 0 amide bonds. The smallest absolute Gasteiger partial charge is 0.381 e. The molecule has 4 heterocycles. The average Bonchev–Trinajstić information content (AvgIpc) is 2.99. The van der Waals surface area contributed by atoms with E-state index in [9.17, 15) is 21.6 Å². The first-order valence-electron chi connectivity index (χ1n) is 9.36. The van der Waals surface area contributed by atoms with Crippen LogP contribution < -0.4 is 0 Å². The third kappa shape index (κ3) is 3.44. The van der Waals surface area contributed by atoms with Crippen molar-refractivity contribution in [3.63, 3.8) is 0 Å². The van der Waals surface area contributed by atoms with Gasteiger partial charge in [-0.2, -0.15) is 17.5 Å². The number of sulfonamides is 1. The summed E-state index contributed by atoms with van der Waals surface area (Å²) in [6.07, 6.45) is -3.53. The van der Waals surface area contributed by atoms with Crippen molar-refractivity contribution in [3.8, 4) is 0 Å². The molecule has 0 unspecified atom stereocenters. The Hall–Kier alpha value is -1.23. The maximum Gasteiger partial charge on any atom is 0.433 e. The third-order valence-corrected chi connectivity index (χ3v) is 7.97. The number of pyridine rings is 1. The molecule has 1 aromatic rings. The Morgan fingerprint density at radius 3 is 2.46 bits per heavy atom. The molecule has 0 radical (unpaired) electrons. The lowest BCUT2D eigenvalue weighted by Crippen LogP contribution is -2.73. The molecule has 1 atom stereocenters. The Labute approximate surface area is 162 Å². The lowest BCUT2D eigenvalue weighted by molar-refractivity contribution is -0.141. The van der Waals surface area contributed by atoms with Crippen LogP contribution in [-0.4, -0.2) is 68.5 Å². The zero-order valence-electron chi connectivity index (χ0n) is 15.9. The topological polar surface area (TPSA) is 62.7 Å². The summed E-state index contributed by atoms with van der Waals surface area (Å²) in [5, 5.41) is 0. The summed E-state index contributed by atoms with van der Waals surface area (Å²) in [6.45, 7) is 7.84. The predicted octanol–water partition coefficient (Wildman–Crippen LogP) is 2.06. The highest BCUT2D eigenvalue weighted by Crippen LogP contribution is 2.43. The van der Waals surface area contributed by atoms with Gasteiger partial charge in [-0.25, -0.2) is 13.4 Å². The number of likely N-dealkylation sites (tertiary alicyclic amines) is 1. The summed E-state index contributed by atoms with van der Waals surface area (Å²) in [7, 11) is -3.85. The lowest BCUT2D eigenvalue weighted by atomic mass is 9.74. The fourth-order valence-electron chi connectivity index (χ4n) is 4.68. The fourth-order valence-corrected chi connectivity index (χ4v) is 6.71. The van der Waals surface area contributed by atoms with Crippen LogP contribution in [0.2, 0.25) is 0 Å². The highest BCUT2D eigenvalue weighted by molar-refractivity contribution is 7.89. The zero-order chi connectivity index (χ0) is 20.3. The monoisotopic (exact) mass is 419 g/mol. The quantitative estimate of drug-likeness (QED) is 0.748. The second kappa shape index (κ2) is 6.65. The standard InChI is InChI=1S/C18H24F3N3O3S/c1-12-5-15(18(19,20)21)22-13(2)16(12)28(25,26)24-10-17(11-24)8-23(9-17)6-14-3-4-27-7-14/h5,14H,3-4,6-11H2,1-2H3/t14-/m0/s1. The Morgan fingerprint density at radius 1 is 1.25 bits per heavy atom. The van der Waals surface area contributed by atoms with E-state index in [-0.39, 0.29) is 21.6 Å². The first kappa shape index (κ1) is 20.1. The van der Waals surface area contributed by atoms with Crippen molar-refractivity contribution in [1.82, 2.24) is 14.2 Å². The molecule has 4 rings (SSSR count). The van der Waals surface area contributed by atoms with Crippen LogP contribution in [0, 0.1) is 25.2 Å². The van der Waals surface area contributed by atoms with Crippen molar-refractivity contribution in [2.45, 2.75) is 31.3 Å². The van der Waals surface area contributed by atoms with E-state index >= 15 is 0 Å². The van der Waals surface area contributed by atoms with Crippen LogP contribution in [0.1, 0.15) is 23.4 Å². The molecule has 156 valence electrons. The van der Waals surface area contributed by atoms with Gasteiger partial charge in [0.05, 0.1) is 12.3 Å². The molecule has 0 aromatic carbocycles. The molecule has 0 N–H and O–H groups in total. The van der Waals surface area contributed by atoms with Crippen molar-refractivity contribution in [2.24, 2.45) is 11.3 Å². The molecule has 0 bridgehead atoms. The Morgan fingerprint density at radius 2 is 1.93 bits per heavy atom. The molecular formula is C18H24F3N3O3S. The van der Waals surface area contributed by atoms with Crippen LogP contribution in [0.25, 0.3) is 0 Å². The molecule has 3 aliphatic rings. The number of ether oxygens (including phenoxy) is 1. The van der Waals surface area contributed by atoms with Crippen molar-refractivity contribution in [3.05, 3.63) is 23.0 Å². The first-order chi connectivity index (χ1) is 13.0. The predicted molar refractivity (Wildman–Crippen MR) is 95.3 cm³/mol. The van der Waals surface area contributed by atoms with E-state index in [2.05, 4.69) is 9.88 Å². The summed E-state index contributed by atoms with van der Waals surface area (Å²) in [6, 6.07) is 0.810. The second-order valence-electron chi connectivity index (χ2n) is 8.41. The van der Waals surface area contributed by atoms with Crippen LogP contribution >= 0.6 is 0 Å². The minimum Gasteiger partial charge on any atom is -0.381 e. The SMILES string of the molecule is Cc1cc(C(F)(F)F)nc(C)c1S(=O)(=O)N1CC2(CN(C[C@@H]3CCOC3)C2)C1. The molecule has 10 heteroatoms. The van der Waals surface area contributed by atoms with E-state index in [1.54, 1.807) is 0 Å². The average molecular weight is 419 g/mol. The van der Waals surface area contributed by atoms with Crippen LogP contribution in [0.3, 0.4) is 0 Å². The minimum absolute atomic E-state index is 0.0202. The third-order valence-electron chi connectivity index (χ3n) is 5.90. The number of hydrogen-bond acceptors (Lipinski definition) is 5. The van der Waals surface area contributed by atoms with Gasteiger partial charge in [-0.1, -0.05) is 0 Å². The van der Waals surface area contributed by atoms with Gasteiger partial charge in [0.2, 0.25) is 10.0 Å². The van der Waals surface area contributed by atoms with E-state index in [1.807, 2.05) is 0 Å². The minimum atomic E-state index is -4.60. The summed E-state index contributed by atoms with van der Waals surface area (Å²) in [5.41, 5.74) is -1.11. The molecule has 3 fully saturated rings. The summed E-state index contributed by atoms with van der Waals surface area (Å²) in [4.78, 5) is 5.73. The molecular weight excluding hydrogens is 395 g/mol. The maximum absolute atomic E-state index is 13.0. The normalized spacial score (nSPS) is 25.7. The Kier molecular flexibility index (Phi) is 4.76. The number of alkyl halides is 3. The van der Waals surface area contributed by atoms with E-state index in [0.29, 0.717) is 19.0 Å². The lowest BCUT2D eigenvalue weighted by Gasteiger charge is -2.60. The van der Waals surface area contributed by atoms with Crippen LogP contribution in [0.15, 0.2) is 11.0 Å². The Bertz CT molecular complexity index is 845. The van der Waals surface area contributed by atoms with Gasteiger partial charge in [-0.15, -0.1) is 0 Å². The number of aryl methyl sites for hydroxylation is 2. The van der Waals surface area contributed by atoms with Gasteiger partial charge in [0.15, 0.2) is 0 Å². The van der Waals surface area contributed by atoms with Crippen molar-refractivity contribution in [2.75, 3.05) is 45.9 Å². The number of rotatable bonds is 4. The number of halogens is 3. The van der Waals surface area contributed by atoms with Crippen LogP contribution in [-0.2, 0) is 20.9 Å². The molecule has 1 aromatic heterocycles. The zero-order valence-corrected chi connectivity index (χ0v) is 16.7. The van der Waals surface area contributed by atoms with Gasteiger partial charge in [-0.3, -0.25) is 0 Å². The van der Waals surface area contributed by atoms with E-state index < -0.39 is 21.9 Å². The molecule has 6 nitrogen and oxygen atoms in total. The fraction of sp³-hybridized carbons (Fsp3) is 0.722. The number of nitrogens with zero attached hydrogens (tertiary/aromatic N) is 3. The van der Waals surface area contributed by atoms with Gasteiger partial charge in [0.25, 0.3) is 0 Å². The molecule has 28 heavy (non-hydrogen) atoms. The molecule has 3 saturated heterocycles. The Balaban J connectivity index is 1.42. The second-order valence-corrected chi connectivity index (χ2v) is 10.3.